The number of hydrogen-bond donors (Lipinski definition) is 1. The lowest BCUT2D eigenvalue weighted by molar-refractivity contribution is -0.0445. The van der Waals surface area contributed by atoms with E-state index in [-0.39, 0.29) is 11.9 Å². The number of ether oxygens (including phenoxy) is 2. The van der Waals surface area contributed by atoms with Gasteiger partial charge in [0.25, 0.3) is 5.91 Å². The van der Waals surface area contributed by atoms with Gasteiger partial charge in [0.15, 0.2) is 6.29 Å². The van der Waals surface area contributed by atoms with Gasteiger partial charge >= 0.3 is 0 Å². The molecular weight excluding hydrogens is 218 g/mol. The van der Waals surface area contributed by atoms with Gasteiger partial charge in [-0.1, -0.05) is 18.2 Å². The monoisotopic (exact) mass is 235 g/mol. The number of benzene rings is 1. The summed E-state index contributed by atoms with van der Waals surface area (Å²) in [6.07, 6.45) is -0.413. The molecule has 1 aliphatic rings. The van der Waals surface area contributed by atoms with Crippen LogP contribution in [0.25, 0.3) is 0 Å². The lowest BCUT2D eigenvalue weighted by Gasteiger charge is -2.15. The van der Waals surface area contributed by atoms with Crippen LogP contribution in [0.2, 0.25) is 0 Å². The van der Waals surface area contributed by atoms with Gasteiger partial charge in [0, 0.05) is 17.2 Å². The molecule has 4 heteroatoms. The minimum absolute atomic E-state index is 0.0882. The second kappa shape index (κ2) is 5.29. The smallest absolute Gasteiger partial charge is 0.251 e. The van der Waals surface area contributed by atoms with Crippen molar-refractivity contribution in [1.82, 2.24) is 5.32 Å². The third kappa shape index (κ3) is 2.84. The first-order chi connectivity index (χ1) is 8.18. The first kappa shape index (κ1) is 12.1. The van der Waals surface area contributed by atoms with E-state index in [1.807, 2.05) is 32.0 Å². The molecule has 0 aliphatic carbocycles. The number of carbonyl (C=O) groups excluding carboxylic acids is 1. The maximum atomic E-state index is 12.0. The van der Waals surface area contributed by atoms with Gasteiger partial charge < -0.3 is 14.8 Å². The number of amides is 1. The third-order valence-corrected chi connectivity index (χ3v) is 2.50. The molecule has 1 aliphatic heterocycles. The molecule has 1 saturated heterocycles. The van der Waals surface area contributed by atoms with E-state index in [1.54, 1.807) is 6.07 Å². The second-order valence-electron chi connectivity index (χ2n) is 4.29. The van der Waals surface area contributed by atoms with Crippen molar-refractivity contribution in [3.8, 4) is 0 Å². The number of rotatable bonds is 3. The minimum Gasteiger partial charge on any atom is -0.350 e. The molecule has 1 heterocycles. The van der Waals surface area contributed by atoms with Gasteiger partial charge in [0.05, 0.1) is 13.2 Å². The largest absolute Gasteiger partial charge is 0.350 e. The molecule has 0 atom stereocenters. The van der Waals surface area contributed by atoms with Gasteiger partial charge in [-0.2, -0.15) is 0 Å². The summed E-state index contributed by atoms with van der Waals surface area (Å²) in [5.74, 6) is -0.0882. The first-order valence-electron chi connectivity index (χ1n) is 5.81. The van der Waals surface area contributed by atoms with E-state index in [2.05, 4.69) is 5.32 Å². The topological polar surface area (TPSA) is 47.6 Å². The quantitative estimate of drug-likeness (QED) is 0.870. The average molecular weight is 235 g/mol. The molecule has 17 heavy (non-hydrogen) atoms. The molecule has 0 spiro atoms. The van der Waals surface area contributed by atoms with Crippen molar-refractivity contribution >= 4 is 5.91 Å². The highest BCUT2D eigenvalue weighted by atomic mass is 16.7. The molecule has 0 radical (unpaired) electrons. The Morgan fingerprint density at radius 2 is 1.94 bits per heavy atom. The Balaban J connectivity index is 2.23. The van der Waals surface area contributed by atoms with Crippen LogP contribution in [0.4, 0.5) is 0 Å². The van der Waals surface area contributed by atoms with Gasteiger partial charge in [-0.05, 0) is 19.9 Å². The molecule has 1 N–H and O–H groups in total. The fourth-order valence-electron chi connectivity index (χ4n) is 1.79. The van der Waals surface area contributed by atoms with Gasteiger partial charge in [0.2, 0.25) is 0 Å². The van der Waals surface area contributed by atoms with E-state index >= 15 is 0 Å². The van der Waals surface area contributed by atoms with Crippen LogP contribution in [-0.2, 0) is 9.47 Å². The van der Waals surface area contributed by atoms with Gasteiger partial charge in [-0.25, -0.2) is 0 Å². The van der Waals surface area contributed by atoms with Crippen molar-refractivity contribution in [2.75, 3.05) is 13.2 Å². The molecule has 0 aromatic heterocycles. The van der Waals surface area contributed by atoms with Crippen LogP contribution < -0.4 is 5.32 Å². The molecule has 0 bridgehead atoms. The van der Waals surface area contributed by atoms with Gasteiger partial charge in [-0.3, -0.25) is 4.79 Å². The lowest BCUT2D eigenvalue weighted by atomic mass is 10.1. The van der Waals surface area contributed by atoms with Crippen LogP contribution in [0.3, 0.4) is 0 Å². The molecule has 1 fully saturated rings. The summed E-state index contributed by atoms with van der Waals surface area (Å²) < 4.78 is 10.9. The normalized spacial score (nSPS) is 16.4. The van der Waals surface area contributed by atoms with Crippen LogP contribution in [0.15, 0.2) is 24.3 Å². The van der Waals surface area contributed by atoms with Gasteiger partial charge in [-0.15, -0.1) is 0 Å². The fraction of sp³-hybridized carbons (Fsp3) is 0.462. The van der Waals surface area contributed by atoms with Crippen molar-refractivity contribution in [3.63, 3.8) is 0 Å². The van der Waals surface area contributed by atoms with Gasteiger partial charge in [0.1, 0.15) is 0 Å². The molecule has 2 rings (SSSR count). The van der Waals surface area contributed by atoms with Crippen molar-refractivity contribution in [1.29, 1.82) is 0 Å². The molecular formula is C13H17NO3. The number of hydrogen-bond acceptors (Lipinski definition) is 3. The van der Waals surface area contributed by atoms with Crippen molar-refractivity contribution in [2.24, 2.45) is 0 Å². The van der Waals surface area contributed by atoms with Crippen molar-refractivity contribution in [3.05, 3.63) is 35.4 Å². The molecule has 1 amide bonds. The first-order valence-corrected chi connectivity index (χ1v) is 5.81. The Labute approximate surface area is 101 Å². The predicted molar refractivity (Wildman–Crippen MR) is 63.7 cm³/mol. The highest BCUT2D eigenvalue weighted by Gasteiger charge is 2.23. The molecule has 0 saturated carbocycles. The zero-order chi connectivity index (χ0) is 12.3. The molecule has 0 unspecified atom stereocenters. The SMILES string of the molecule is CC(C)NC(=O)c1ccccc1C1OCCO1. The summed E-state index contributed by atoms with van der Waals surface area (Å²) in [6.45, 7) is 5.02. The third-order valence-electron chi connectivity index (χ3n) is 2.50. The summed E-state index contributed by atoms with van der Waals surface area (Å²) in [5.41, 5.74) is 1.41. The highest BCUT2D eigenvalue weighted by molar-refractivity contribution is 5.95. The standard InChI is InChI=1S/C13H17NO3/c1-9(2)14-12(15)10-5-3-4-6-11(10)13-16-7-8-17-13/h3-6,9,13H,7-8H2,1-2H3,(H,14,15). The van der Waals surface area contributed by atoms with Crippen molar-refractivity contribution in [2.45, 2.75) is 26.2 Å². The van der Waals surface area contributed by atoms with Crippen LogP contribution in [0, 0.1) is 0 Å². The second-order valence-corrected chi connectivity index (χ2v) is 4.29. The zero-order valence-electron chi connectivity index (χ0n) is 10.1. The Hall–Kier alpha value is -1.39. The van der Waals surface area contributed by atoms with E-state index in [0.29, 0.717) is 18.8 Å². The minimum atomic E-state index is -0.413. The number of carbonyl (C=O) groups is 1. The van der Waals surface area contributed by atoms with Crippen LogP contribution in [-0.4, -0.2) is 25.2 Å². The number of nitrogens with one attached hydrogen (secondary N) is 1. The maximum Gasteiger partial charge on any atom is 0.251 e. The summed E-state index contributed by atoms with van der Waals surface area (Å²) in [6, 6.07) is 7.49. The maximum absolute atomic E-state index is 12.0. The van der Waals surface area contributed by atoms with Crippen LogP contribution in [0.1, 0.15) is 36.1 Å². The fourth-order valence-corrected chi connectivity index (χ4v) is 1.79. The summed E-state index contributed by atoms with van der Waals surface area (Å²) in [7, 11) is 0. The molecule has 1 aromatic carbocycles. The van der Waals surface area contributed by atoms with E-state index in [4.69, 9.17) is 9.47 Å². The van der Waals surface area contributed by atoms with Crippen LogP contribution >= 0.6 is 0 Å². The molecule has 92 valence electrons. The Bertz CT molecular complexity index is 397. The Morgan fingerprint density at radius 3 is 2.59 bits per heavy atom. The summed E-state index contributed by atoms with van der Waals surface area (Å²) >= 11 is 0. The Kier molecular flexibility index (Phi) is 3.76. The van der Waals surface area contributed by atoms with Crippen LogP contribution in [0.5, 0.6) is 0 Å². The summed E-state index contributed by atoms with van der Waals surface area (Å²) in [4.78, 5) is 12.0. The van der Waals surface area contributed by atoms with E-state index in [0.717, 1.165) is 5.56 Å². The van der Waals surface area contributed by atoms with E-state index in [9.17, 15) is 4.79 Å². The highest BCUT2D eigenvalue weighted by Crippen LogP contribution is 2.26. The lowest BCUT2D eigenvalue weighted by Crippen LogP contribution is -2.31. The van der Waals surface area contributed by atoms with E-state index in [1.165, 1.54) is 0 Å². The zero-order valence-corrected chi connectivity index (χ0v) is 10.1. The Morgan fingerprint density at radius 1 is 1.29 bits per heavy atom. The van der Waals surface area contributed by atoms with E-state index < -0.39 is 6.29 Å². The molecule has 1 aromatic rings. The average Bonchev–Trinajstić information content (AvgIpc) is 2.81. The predicted octanol–water partition coefficient (Wildman–Crippen LogP) is 1.87. The van der Waals surface area contributed by atoms with Crippen molar-refractivity contribution < 1.29 is 14.3 Å². The summed E-state index contributed by atoms with van der Waals surface area (Å²) in [5, 5.41) is 2.87. The molecule has 4 nitrogen and oxygen atoms in total.